The summed E-state index contributed by atoms with van der Waals surface area (Å²) in [6.45, 7) is -2.86. The van der Waals surface area contributed by atoms with Gasteiger partial charge in [-0.05, 0) is 30.4 Å². The van der Waals surface area contributed by atoms with Crippen LogP contribution in [-0.2, 0) is 6.61 Å². The molecule has 1 aromatic heterocycles. The zero-order valence-corrected chi connectivity index (χ0v) is 14.2. The number of nitrogens with one attached hydrogen (secondary N) is 3. The van der Waals surface area contributed by atoms with Crippen LogP contribution in [0.15, 0.2) is 36.4 Å². The van der Waals surface area contributed by atoms with Crippen molar-refractivity contribution in [1.29, 1.82) is 0 Å². The van der Waals surface area contributed by atoms with E-state index >= 15 is 0 Å². The first-order valence-electron chi connectivity index (χ1n) is 8.26. The minimum atomic E-state index is -2.96. The highest BCUT2D eigenvalue weighted by Gasteiger charge is 2.27. The first-order valence-corrected chi connectivity index (χ1v) is 8.26. The van der Waals surface area contributed by atoms with Gasteiger partial charge in [-0.2, -0.15) is 19.3 Å². The molecule has 0 radical (unpaired) electrons. The summed E-state index contributed by atoms with van der Waals surface area (Å²) in [7, 11) is 0. The number of hydrazine groups is 2. The SMILES string of the molecule is NNNC(=O)Nc1cccc(C2CC2)c1COc1cccc(OC(F)F)n1. The van der Waals surface area contributed by atoms with Crippen LogP contribution in [0.3, 0.4) is 0 Å². The Balaban J connectivity index is 1.77. The molecule has 0 unspecified atom stereocenters. The second-order valence-electron chi connectivity index (χ2n) is 5.85. The third-order valence-electron chi connectivity index (χ3n) is 3.94. The van der Waals surface area contributed by atoms with Crippen LogP contribution in [0.5, 0.6) is 11.8 Å². The third-order valence-corrected chi connectivity index (χ3v) is 3.94. The topological polar surface area (TPSA) is 111 Å². The molecule has 1 heterocycles. The van der Waals surface area contributed by atoms with Gasteiger partial charge in [-0.25, -0.2) is 4.79 Å². The van der Waals surface area contributed by atoms with Crippen molar-refractivity contribution in [2.75, 3.05) is 5.32 Å². The molecule has 2 amide bonds. The van der Waals surface area contributed by atoms with Crippen molar-refractivity contribution in [2.24, 2.45) is 5.84 Å². The van der Waals surface area contributed by atoms with E-state index in [0.29, 0.717) is 11.6 Å². The molecule has 0 spiro atoms. The van der Waals surface area contributed by atoms with Crippen molar-refractivity contribution in [3.63, 3.8) is 0 Å². The van der Waals surface area contributed by atoms with E-state index in [-0.39, 0.29) is 18.4 Å². The Hall–Kier alpha value is -2.98. The highest BCUT2D eigenvalue weighted by atomic mass is 19.3. The molecule has 5 N–H and O–H groups in total. The van der Waals surface area contributed by atoms with Gasteiger partial charge in [-0.15, -0.1) is 0 Å². The van der Waals surface area contributed by atoms with Gasteiger partial charge in [0.1, 0.15) is 6.61 Å². The zero-order chi connectivity index (χ0) is 19.2. The van der Waals surface area contributed by atoms with Crippen LogP contribution in [0.25, 0.3) is 0 Å². The Bertz CT molecular complexity index is 802. The van der Waals surface area contributed by atoms with Crippen LogP contribution >= 0.6 is 0 Å². The fourth-order valence-corrected chi connectivity index (χ4v) is 2.66. The largest absolute Gasteiger partial charge is 0.473 e. The summed E-state index contributed by atoms with van der Waals surface area (Å²) in [5, 5.41) is 2.69. The number of carbonyl (C=O) groups is 1. The van der Waals surface area contributed by atoms with Crippen LogP contribution in [0.1, 0.15) is 29.9 Å². The van der Waals surface area contributed by atoms with Gasteiger partial charge >= 0.3 is 12.6 Å². The summed E-state index contributed by atoms with van der Waals surface area (Å²) in [6.07, 6.45) is 2.12. The van der Waals surface area contributed by atoms with Gasteiger partial charge < -0.3 is 14.8 Å². The van der Waals surface area contributed by atoms with Crippen LogP contribution in [0, 0.1) is 0 Å². The number of nitrogens with zero attached hydrogens (tertiary/aromatic N) is 1. The van der Waals surface area contributed by atoms with E-state index in [4.69, 9.17) is 10.6 Å². The summed E-state index contributed by atoms with van der Waals surface area (Å²) in [5.41, 5.74) is 6.69. The molecule has 0 atom stereocenters. The number of pyridine rings is 1. The smallest absolute Gasteiger partial charge is 0.388 e. The highest BCUT2D eigenvalue weighted by molar-refractivity contribution is 5.90. The lowest BCUT2D eigenvalue weighted by atomic mass is 10.0. The molecule has 3 rings (SSSR count). The van der Waals surface area contributed by atoms with Crippen molar-refractivity contribution < 1.29 is 23.0 Å². The average molecular weight is 379 g/mol. The number of alkyl halides is 2. The summed E-state index contributed by atoms with van der Waals surface area (Å²) in [6, 6.07) is 9.39. The number of halogens is 2. The number of hydrogen-bond acceptors (Lipinski definition) is 6. The Morgan fingerprint density at radius 1 is 1.22 bits per heavy atom. The molecular weight excluding hydrogens is 360 g/mol. The normalized spacial score (nSPS) is 13.3. The Kier molecular flexibility index (Phi) is 5.99. The van der Waals surface area contributed by atoms with E-state index < -0.39 is 12.6 Å². The second kappa shape index (κ2) is 8.60. The van der Waals surface area contributed by atoms with Crippen molar-refractivity contribution in [1.82, 2.24) is 15.9 Å². The van der Waals surface area contributed by atoms with Gasteiger partial charge in [0.15, 0.2) is 0 Å². The van der Waals surface area contributed by atoms with Gasteiger partial charge in [0.2, 0.25) is 11.8 Å². The summed E-state index contributed by atoms with van der Waals surface area (Å²) in [4.78, 5) is 15.7. The van der Waals surface area contributed by atoms with E-state index in [1.54, 1.807) is 6.07 Å². The average Bonchev–Trinajstić information content (AvgIpc) is 3.45. The second-order valence-corrected chi connectivity index (χ2v) is 5.85. The van der Waals surface area contributed by atoms with Crippen molar-refractivity contribution >= 4 is 11.7 Å². The monoisotopic (exact) mass is 379 g/mol. The molecular formula is C17H19F2N5O3. The van der Waals surface area contributed by atoms with Gasteiger partial charge in [-0.3, -0.25) is 11.3 Å². The number of rotatable bonds is 8. The lowest BCUT2D eigenvalue weighted by molar-refractivity contribution is -0.0531. The summed E-state index contributed by atoms with van der Waals surface area (Å²) in [5.74, 6) is 5.38. The van der Waals surface area contributed by atoms with Crippen LogP contribution < -0.4 is 31.6 Å². The fourth-order valence-electron chi connectivity index (χ4n) is 2.66. The number of amides is 2. The van der Waals surface area contributed by atoms with E-state index in [2.05, 4.69) is 26.0 Å². The number of carbonyl (C=O) groups excluding carboxylic acids is 1. The molecule has 1 fully saturated rings. The van der Waals surface area contributed by atoms with Crippen LogP contribution in [-0.4, -0.2) is 17.6 Å². The number of aromatic nitrogens is 1. The first kappa shape index (κ1) is 18.8. The van der Waals surface area contributed by atoms with E-state index in [1.807, 2.05) is 12.1 Å². The molecule has 8 nitrogen and oxygen atoms in total. The van der Waals surface area contributed by atoms with Crippen molar-refractivity contribution in [3.05, 3.63) is 47.5 Å². The lowest BCUT2D eigenvalue weighted by Crippen LogP contribution is -2.44. The minimum absolute atomic E-state index is 0.101. The highest BCUT2D eigenvalue weighted by Crippen LogP contribution is 2.43. The predicted octanol–water partition coefficient (Wildman–Crippen LogP) is 2.64. The standard InChI is InChI=1S/C17H19F2N5O3/c18-16(19)27-15-6-2-5-14(22-15)26-9-12-11(10-7-8-10)3-1-4-13(12)21-17(25)23-24-20/h1-6,10,16,24H,7-9,20H2,(H2,21,23,25). The Labute approximate surface area is 154 Å². The maximum Gasteiger partial charge on any atom is 0.388 e. The Morgan fingerprint density at radius 2 is 1.96 bits per heavy atom. The number of anilines is 1. The van der Waals surface area contributed by atoms with Gasteiger partial charge in [0.05, 0.1) is 0 Å². The molecule has 1 saturated carbocycles. The first-order chi connectivity index (χ1) is 13.1. The summed E-state index contributed by atoms with van der Waals surface area (Å²) < 4.78 is 34.6. The van der Waals surface area contributed by atoms with E-state index in [9.17, 15) is 13.6 Å². The van der Waals surface area contributed by atoms with E-state index in [1.165, 1.54) is 18.2 Å². The van der Waals surface area contributed by atoms with Crippen molar-refractivity contribution in [2.45, 2.75) is 32.0 Å². The number of hydrogen-bond donors (Lipinski definition) is 4. The lowest BCUT2D eigenvalue weighted by Gasteiger charge is -2.16. The number of ether oxygens (including phenoxy) is 2. The van der Waals surface area contributed by atoms with Gasteiger partial charge in [0, 0.05) is 23.4 Å². The number of benzene rings is 1. The molecule has 0 bridgehead atoms. The van der Waals surface area contributed by atoms with E-state index in [0.717, 1.165) is 24.0 Å². The quantitative estimate of drug-likeness (QED) is 0.415. The van der Waals surface area contributed by atoms with Crippen LogP contribution in [0.2, 0.25) is 0 Å². The molecule has 1 aromatic carbocycles. The van der Waals surface area contributed by atoms with Crippen molar-refractivity contribution in [3.8, 4) is 11.8 Å². The molecule has 0 aliphatic heterocycles. The van der Waals surface area contributed by atoms with Gasteiger partial charge in [-0.1, -0.05) is 18.2 Å². The molecule has 144 valence electrons. The molecule has 2 aromatic rings. The maximum atomic E-state index is 12.3. The molecule has 0 saturated heterocycles. The number of urea groups is 1. The maximum absolute atomic E-state index is 12.3. The summed E-state index contributed by atoms with van der Waals surface area (Å²) >= 11 is 0. The molecule has 1 aliphatic carbocycles. The molecule has 27 heavy (non-hydrogen) atoms. The number of nitrogens with two attached hydrogens (primary N) is 1. The zero-order valence-electron chi connectivity index (χ0n) is 14.2. The fraction of sp³-hybridized carbons (Fsp3) is 0.294. The van der Waals surface area contributed by atoms with Crippen LogP contribution in [0.4, 0.5) is 19.3 Å². The Morgan fingerprint density at radius 3 is 2.67 bits per heavy atom. The third kappa shape index (κ3) is 5.25. The molecule has 10 heteroatoms. The predicted molar refractivity (Wildman–Crippen MR) is 93.1 cm³/mol. The molecule has 1 aliphatic rings. The van der Waals surface area contributed by atoms with Gasteiger partial charge in [0.25, 0.3) is 0 Å². The minimum Gasteiger partial charge on any atom is -0.473 e.